The fourth-order valence-corrected chi connectivity index (χ4v) is 2.58. The van der Waals surface area contributed by atoms with Crippen LogP contribution in [0.3, 0.4) is 0 Å². The lowest BCUT2D eigenvalue weighted by Gasteiger charge is -2.41. The number of aromatic nitrogens is 1. The van der Waals surface area contributed by atoms with Gasteiger partial charge in [0.05, 0.1) is 0 Å². The largest absolute Gasteiger partial charge is 0.306 e. The molecule has 1 N–H and O–H groups in total. The van der Waals surface area contributed by atoms with E-state index in [-0.39, 0.29) is 5.54 Å². The van der Waals surface area contributed by atoms with Crippen molar-refractivity contribution in [3.63, 3.8) is 0 Å². The molecule has 1 fully saturated rings. The third-order valence-corrected chi connectivity index (χ3v) is 3.94. The SMILES string of the molecule is ClCC1(NCc2cncc(Br)c2)CCC1. The van der Waals surface area contributed by atoms with E-state index >= 15 is 0 Å². The van der Waals surface area contributed by atoms with Crippen molar-refractivity contribution in [3.8, 4) is 0 Å². The second-order valence-electron chi connectivity index (χ2n) is 4.13. The molecule has 1 aromatic heterocycles. The van der Waals surface area contributed by atoms with Gasteiger partial charge in [-0.1, -0.05) is 0 Å². The van der Waals surface area contributed by atoms with E-state index in [1.807, 2.05) is 6.20 Å². The maximum atomic E-state index is 5.97. The van der Waals surface area contributed by atoms with E-state index in [1.54, 1.807) is 6.20 Å². The highest BCUT2D eigenvalue weighted by atomic mass is 79.9. The molecular formula is C11H14BrClN2. The van der Waals surface area contributed by atoms with Gasteiger partial charge >= 0.3 is 0 Å². The number of alkyl halides is 1. The Bertz CT molecular complexity index is 334. The third-order valence-electron chi connectivity index (χ3n) is 3.00. The van der Waals surface area contributed by atoms with Crippen molar-refractivity contribution >= 4 is 27.5 Å². The average molecular weight is 290 g/mol. The molecule has 0 atom stereocenters. The first-order valence-corrected chi connectivity index (χ1v) is 6.47. The van der Waals surface area contributed by atoms with E-state index < -0.39 is 0 Å². The van der Waals surface area contributed by atoms with Gasteiger partial charge in [0.1, 0.15) is 0 Å². The minimum atomic E-state index is 0.184. The Morgan fingerprint density at radius 3 is 2.80 bits per heavy atom. The summed E-state index contributed by atoms with van der Waals surface area (Å²) in [6.07, 6.45) is 7.36. The van der Waals surface area contributed by atoms with Gasteiger partial charge in [0.25, 0.3) is 0 Å². The van der Waals surface area contributed by atoms with E-state index in [1.165, 1.54) is 24.8 Å². The lowest BCUT2D eigenvalue weighted by atomic mass is 9.78. The van der Waals surface area contributed by atoms with Crippen LogP contribution in [0.5, 0.6) is 0 Å². The zero-order chi connectivity index (χ0) is 10.7. The van der Waals surface area contributed by atoms with Crippen LogP contribution in [0, 0.1) is 0 Å². The van der Waals surface area contributed by atoms with Gasteiger partial charge in [-0.25, -0.2) is 0 Å². The standard InChI is InChI=1S/C11H14BrClN2/c12-10-4-9(5-14-7-10)6-15-11(8-13)2-1-3-11/h4-5,7,15H,1-3,6,8H2. The smallest absolute Gasteiger partial charge is 0.0410 e. The monoisotopic (exact) mass is 288 g/mol. The zero-order valence-corrected chi connectivity index (χ0v) is 10.8. The van der Waals surface area contributed by atoms with Crippen molar-refractivity contribution in [1.82, 2.24) is 10.3 Å². The topological polar surface area (TPSA) is 24.9 Å². The van der Waals surface area contributed by atoms with Crippen molar-refractivity contribution in [3.05, 3.63) is 28.5 Å². The molecule has 0 unspecified atom stereocenters. The Balaban J connectivity index is 1.92. The molecule has 82 valence electrons. The summed E-state index contributed by atoms with van der Waals surface area (Å²) >= 11 is 9.38. The third kappa shape index (κ3) is 2.71. The maximum Gasteiger partial charge on any atom is 0.0410 e. The average Bonchev–Trinajstić information content (AvgIpc) is 2.17. The molecule has 2 rings (SSSR count). The van der Waals surface area contributed by atoms with Gasteiger partial charge in [-0.3, -0.25) is 4.98 Å². The molecule has 0 radical (unpaired) electrons. The highest BCUT2D eigenvalue weighted by molar-refractivity contribution is 9.10. The van der Waals surface area contributed by atoms with Gasteiger partial charge in [-0.05, 0) is 46.8 Å². The minimum Gasteiger partial charge on any atom is -0.306 e. The molecule has 0 bridgehead atoms. The van der Waals surface area contributed by atoms with Crippen molar-refractivity contribution in [1.29, 1.82) is 0 Å². The molecule has 1 aliphatic rings. The molecule has 1 saturated carbocycles. The predicted molar refractivity (Wildman–Crippen MR) is 66.1 cm³/mol. The first kappa shape index (κ1) is 11.4. The van der Waals surface area contributed by atoms with Crippen molar-refractivity contribution < 1.29 is 0 Å². The highest BCUT2D eigenvalue weighted by Crippen LogP contribution is 2.33. The summed E-state index contributed by atoms with van der Waals surface area (Å²) in [5, 5.41) is 3.53. The summed E-state index contributed by atoms with van der Waals surface area (Å²) in [5.74, 6) is 0.703. The second-order valence-corrected chi connectivity index (χ2v) is 5.32. The predicted octanol–water partition coefficient (Wildman–Crippen LogP) is 3.10. The van der Waals surface area contributed by atoms with E-state index in [4.69, 9.17) is 11.6 Å². The van der Waals surface area contributed by atoms with Crippen LogP contribution in [0.1, 0.15) is 24.8 Å². The molecule has 0 amide bonds. The summed E-state index contributed by atoms with van der Waals surface area (Å²) in [7, 11) is 0. The molecule has 15 heavy (non-hydrogen) atoms. The minimum absolute atomic E-state index is 0.184. The van der Waals surface area contributed by atoms with E-state index in [2.05, 4.69) is 32.3 Å². The van der Waals surface area contributed by atoms with Crippen LogP contribution in [0.15, 0.2) is 22.9 Å². The van der Waals surface area contributed by atoms with Crippen molar-refractivity contribution in [2.24, 2.45) is 0 Å². The Morgan fingerprint density at radius 1 is 1.47 bits per heavy atom. The van der Waals surface area contributed by atoms with Crippen LogP contribution in [0.25, 0.3) is 0 Å². The number of hydrogen-bond acceptors (Lipinski definition) is 2. The van der Waals surface area contributed by atoms with Crippen LogP contribution < -0.4 is 5.32 Å². The molecule has 1 aromatic rings. The Hall–Kier alpha value is -0.120. The first-order chi connectivity index (χ1) is 7.24. The van der Waals surface area contributed by atoms with Gasteiger partial charge in [0.15, 0.2) is 0 Å². The molecular weight excluding hydrogens is 275 g/mol. The molecule has 1 heterocycles. The van der Waals surface area contributed by atoms with E-state index in [0.717, 1.165) is 11.0 Å². The van der Waals surface area contributed by atoms with E-state index in [9.17, 15) is 0 Å². The summed E-state index contributed by atoms with van der Waals surface area (Å²) in [6.45, 7) is 0.846. The normalized spacial score (nSPS) is 18.5. The fraction of sp³-hybridized carbons (Fsp3) is 0.545. The van der Waals surface area contributed by atoms with Gasteiger partial charge in [-0.2, -0.15) is 0 Å². The number of nitrogens with zero attached hydrogens (tertiary/aromatic N) is 1. The molecule has 2 nitrogen and oxygen atoms in total. The maximum absolute atomic E-state index is 5.97. The number of halogens is 2. The van der Waals surface area contributed by atoms with Gasteiger partial charge in [0.2, 0.25) is 0 Å². The molecule has 0 aliphatic heterocycles. The first-order valence-electron chi connectivity index (χ1n) is 5.15. The van der Waals surface area contributed by atoms with Gasteiger partial charge in [-0.15, -0.1) is 11.6 Å². The molecule has 0 spiro atoms. The molecule has 0 saturated heterocycles. The van der Waals surface area contributed by atoms with Crippen LogP contribution >= 0.6 is 27.5 Å². The number of nitrogens with one attached hydrogen (secondary N) is 1. The zero-order valence-electron chi connectivity index (χ0n) is 8.47. The Kier molecular flexibility index (Phi) is 3.65. The molecule has 1 aliphatic carbocycles. The summed E-state index contributed by atoms with van der Waals surface area (Å²) in [4.78, 5) is 4.13. The lowest BCUT2D eigenvalue weighted by molar-refractivity contribution is 0.211. The van der Waals surface area contributed by atoms with Crippen LogP contribution in [0.2, 0.25) is 0 Å². The summed E-state index contributed by atoms with van der Waals surface area (Å²) in [5.41, 5.74) is 1.38. The van der Waals surface area contributed by atoms with Crippen molar-refractivity contribution in [2.75, 3.05) is 5.88 Å². The van der Waals surface area contributed by atoms with Crippen LogP contribution in [0.4, 0.5) is 0 Å². The molecule has 4 heteroatoms. The fourth-order valence-electron chi connectivity index (χ4n) is 1.80. The summed E-state index contributed by atoms with van der Waals surface area (Å²) in [6, 6.07) is 2.08. The van der Waals surface area contributed by atoms with Gasteiger partial charge < -0.3 is 5.32 Å². The van der Waals surface area contributed by atoms with E-state index in [0.29, 0.717) is 5.88 Å². The Morgan fingerprint density at radius 2 is 2.27 bits per heavy atom. The van der Waals surface area contributed by atoms with Crippen LogP contribution in [-0.2, 0) is 6.54 Å². The molecule has 0 aromatic carbocycles. The number of rotatable bonds is 4. The quantitative estimate of drug-likeness (QED) is 0.862. The lowest BCUT2D eigenvalue weighted by Crippen LogP contribution is -2.52. The number of hydrogen-bond donors (Lipinski definition) is 1. The van der Waals surface area contributed by atoms with Gasteiger partial charge in [0, 0.05) is 34.8 Å². The van der Waals surface area contributed by atoms with Crippen molar-refractivity contribution in [2.45, 2.75) is 31.3 Å². The highest BCUT2D eigenvalue weighted by Gasteiger charge is 2.35. The Labute approximate surface area is 104 Å². The summed E-state index contributed by atoms with van der Waals surface area (Å²) < 4.78 is 1.02. The van der Waals surface area contributed by atoms with Crippen LogP contribution in [-0.4, -0.2) is 16.4 Å². The number of pyridine rings is 1. The second kappa shape index (κ2) is 4.81.